The fourth-order valence-electron chi connectivity index (χ4n) is 2.25. The molecule has 0 saturated carbocycles. The number of aryl methyl sites for hydroxylation is 1. The average Bonchev–Trinajstić information content (AvgIpc) is 2.37. The van der Waals surface area contributed by atoms with Crippen molar-refractivity contribution in [2.75, 3.05) is 0 Å². The van der Waals surface area contributed by atoms with E-state index in [9.17, 15) is 4.79 Å². The normalized spacial score (nSPS) is 11.3. The molecule has 0 atom stereocenters. The standard InChI is InChI=1S/C17H18ClNO2/c1-11-7-12(5-6-15(11)17(2,3)4)16(20)21-14-8-13(18)9-19-10-14/h5-10H,1-4H3. The van der Waals surface area contributed by atoms with Crippen LogP contribution in [0.25, 0.3) is 0 Å². The van der Waals surface area contributed by atoms with Crippen LogP contribution in [0.15, 0.2) is 36.7 Å². The molecule has 0 amide bonds. The largest absolute Gasteiger partial charge is 0.421 e. The minimum atomic E-state index is -0.414. The highest BCUT2D eigenvalue weighted by Crippen LogP contribution is 2.26. The lowest BCUT2D eigenvalue weighted by Crippen LogP contribution is -2.15. The lowest BCUT2D eigenvalue weighted by molar-refractivity contribution is 0.0734. The molecule has 0 saturated heterocycles. The van der Waals surface area contributed by atoms with E-state index in [1.54, 1.807) is 12.1 Å². The summed E-state index contributed by atoms with van der Waals surface area (Å²) in [5, 5.41) is 0.430. The van der Waals surface area contributed by atoms with Gasteiger partial charge in [0.25, 0.3) is 0 Å². The Morgan fingerprint density at radius 2 is 1.90 bits per heavy atom. The first-order chi connectivity index (χ1) is 9.77. The molecule has 1 heterocycles. The number of hydrogen-bond acceptors (Lipinski definition) is 3. The first-order valence-electron chi connectivity index (χ1n) is 6.71. The second-order valence-corrected chi connectivity index (χ2v) is 6.44. The summed E-state index contributed by atoms with van der Waals surface area (Å²) in [5.41, 5.74) is 2.84. The SMILES string of the molecule is Cc1cc(C(=O)Oc2cncc(Cl)c2)ccc1C(C)(C)C. The summed E-state index contributed by atoms with van der Waals surface area (Å²) < 4.78 is 5.28. The van der Waals surface area contributed by atoms with Gasteiger partial charge in [0.05, 0.1) is 16.8 Å². The smallest absolute Gasteiger partial charge is 0.343 e. The molecule has 2 rings (SSSR count). The van der Waals surface area contributed by atoms with E-state index >= 15 is 0 Å². The van der Waals surface area contributed by atoms with Gasteiger partial charge in [0.2, 0.25) is 0 Å². The molecule has 0 aliphatic rings. The second kappa shape index (κ2) is 5.86. The van der Waals surface area contributed by atoms with Crippen LogP contribution in [0.4, 0.5) is 0 Å². The van der Waals surface area contributed by atoms with Crippen molar-refractivity contribution in [2.24, 2.45) is 0 Å². The maximum atomic E-state index is 12.1. The van der Waals surface area contributed by atoms with Crippen molar-refractivity contribution in [3.05, 3.63) is 58.4 Å². The van der Waals surface area contributed by atoms with Gasteiger partial charge in [-0.3, -0.25) is 4.98 Å². The molecule has 0 aliphatic heterocycles. The Kier molecular flexibility index (Phi) is 4.33. The number of nitrogens with zero attached hydrogens (tertiary/aromatic N) is 1. The number of pyridine rings is 1. The number of carbonyl (C=O) groups is 1. The Morgan fingerprint density at radius 1 is 1.19 bits per heavy atom. The zero-order chi connectivity index (χ0) is 15.6. The Morgan fingerprint density at radius 3 is 2.48 bits per heavy atom. The fraction of sp³-hybridized carbons (Fsp3) is 0.294. The first-order valence-corrected chi connectivity index (χ1v) is 7.09. The van der Waals surface area contributed by atoms with E-state index in [0.717, 1.165) is 5.56 Å². The maximum absolute atomic E-state index is 12.1. The molecule has 1 aromatic heterocycles. The van der Waals surface area contributed by atoms with Gasteiger partial charge in [-0.15, -0.1) is 0 Å². The quantitative estimate of drug-likeness (QED) is 0.763. The highest BCUT2D eigenvalue weighted by Gasteiger charge is 2.18. The molecule has 3 nitrogen and oxygen atoms in total. The summed E-state index contributed by atoms with van der Waals surface area (Å²) in [4.78, 5) is 16.0. The zero-order valence-electron chi connectivity index (χ0n) is 12.6. The van der Waals surface area contributed by atoms with Crippen LogP contribution in [0.1, 0.15) is 42.3 Å². The maximum Gasteiger partial charge on any atom is 0.343 e. The molecule has 0 radical (unpaired) electrons. The molecule has 0 unspecified atom stereocenters. The molecule has 2 aromatic rings. The molecule has 4 heteroatoms. The molecule has 1 aromatic carbocycles. The number of rotatable bonds is 2. The highest BCUT2D eigenvalue weighted by molar-refractivity contribution is 6.30. The number of benzene rings is 1. The number of halogens is 1. The Labute approximate surface area is 129 Å². The van der Waals surface area contributed by atoms with Crippen molar-refractivity contribution in [1.82, 2.24) is 4.98 Å². The van der Waals surface area contributed by atoms with Crippen LogP contribution in [0.3, 0.4) is 0 Å². The number of ether oxygens (including phenoxy) is 1. The molecule has 0 bridgehead atoms. The summed E-state index contributed by atoms with van der Waals surface area (Å²) in [6, 6.07) is 7.17. The van der Waals surface area contributed by atoms with Crippen LogP contribution in [-0.2, 0) is 5.41 Å². The number of hydrogen-bond donors (Lipinski definition) is 0. The molecule has 110 valence electrons. The van der Waals surface area contributed by atoms with Crippen molar-refractivity contribution in [1.29, 1.82) is 0 Å². The fourth-order valence-corrected chi connectivity index (χ4v) is 2.41. The highest BCUT2D eigenvalue weighted by atomic mass is 35.5. The Balaban J connectivity index is 2.23. The molecule has 0 N–H and O–H groups in total. The third-order valence-electron chi connectivity index (χ3n) is 3.16. The van der Waals surface area contributed by atoms with E-state index in [2.05, 4.69) is 25.8 Å². The summed E-state index contributed by atoms with van der Waals surface area (Å²) >= 11 is 5.82. The van der Waals surface area contributed by atoms with E-state index in [-0.39, 0.29) is 5.41 Å². The number of carbonyl (C=O) groups excluding carboxylic acids is 1. The van der Waals surface area contributed by atoms with Gasteiger partial charge in [0, 0.05) is 12.3 Å². The van der Waals surface area contributed by atoms with Gasteiger partial charge in [0.1, 0.15) is 0 Å². The summed E-state index contributed by atoms with van der Waals surface area (Å²) in [5.74, 6) is -0.0762. The van der Waals surface area contributed by atoms with E-state index < -0.39 is 5.97 Å². The molecule has 0 fully saturated rings. The van der Waals surface area contributed by atoms with Gasteiger partial charge in [-0.2, -0.15) is 0 Å². The molecule has 21 heavy (non-hydrogen) atoms. The minimum Gasteiger partial charge on any atom is -0.421 e. The van der Waals surface area contributed by atoms with Crippen molar-refractivity contribution >= 4 is 17.6 Å². The second-order valence-electron chi connectivity index (χ2n) is 6.01. The topological polar surface area (TPSA) is 39.2 Å². The molecule has 0 aliphatic carbocycles. The van der Waals surface area contributed by atoms with Gasteiger partial charge in [0.15, 0.2) is 5.75 Å². The molecule has 0 spiro atoms. The first kappa shape index (κ1) is 15.5. The van der Waals surface area contributed by atoms with E-state index in [1.807, 2.05) is 19.1 Å². The van der Waals surface area contributed by atoms with Gasteiger partial charge >= 0.3 is 5.97 Å². The number of aromatic nitrogens is 1. The Bertz CT molecular complexity index is 675. The van der Waals surface area contributed by atoms with Gasteiger partial charge in [-0.1, -0.05) is 38.4 Å². The summed E-state index contributed by atoms with van der Waals surface area (Å²) in [7, 11) is 0. The lowest BCUT2D eigenvalue weighted by atomic mass is 9.83. The van der Waals surface area contributed by atoms with Crippen molar-refractivity contribution in [2.45, 2.75) is 33.1 Å². The van der Waals surface area contributed by atoms with Crippen LogP contribution in [0.5, 0.6) is 5.75 Å². The van der Waals surface area contributed by atoms with Crippen LogP contribution in [0.2, 0.25) is 5.02 Å². The predicted octanol–water partition coefficient (Wildman–Crippen LogP) is 4.56. The van der Waals surface area contributed by atoms with Gasteiger partial charge in [-0.25, -0.2) is 4.79 Å². The monoisotopic (exact) mass is 303 g/mol. The molecular formula is C17H18ClNO2. The van der Waals surface area contributed by atoms with E-state index in [0.29, 0.717) is 16.3 Å². The van der Waals surface area contributed by atoms with Crippen LogP contribution < -0.4 is 4.74 Å². The third-order valence-corrected chi connectivity index (χ3v) is 3.37. The van der Waals surface area contributed by atoms with Crippen LogP contribution >= 0.6 is 11.6 Å². The summed E-state index contributed by atoms with van der Waals surface area (Å²) in [6.07, 6.45) is 2.95. The average molecular weight is 304 g/mol. The van der Waals surface area contributed by atoms with E-state index in [1.165, 1.54) is 18.0 Å². The predicted molar refractivity (Wildman–Crippen MR) is 84.1 cm³/mol. The van der Waals surface area contributed by atoms with E-state index in [4.69, 9.17) is 16.3 Å². The number of esters is 1. The minimum absolute atomic E-state index is 0.0450. The van der Waals surface area contributed by atoms with Crippen LogP contribution in [-0.4, -0.2) is 11.0 Å². The van der Waals surface area contributed by atoms with Crippen LogP contribution in [0, 0.1) is 6.92 Å². The van der Waals surface area contributed by atoms with Gasteiger partial charge < -0.3 is 4.74 Å². The van der Waals surface area contributed by atoms with Gasteiger partial charge in [-0.05, 0) is 35.6 Å². The zero-order valence-corrected chi connectivity index (χ0v) is 13.4. The lowest BCUT2D eigenvalue weighted by Gasteiger charge is -2.22. The molecular weight excluding hydrogens is 286 g/mol. The van der Waals surface area contributed by atoms with Crippen molar-refractivity contribution < 1.29 is 9.53 Å². The Hall–Kier alpha value is -1.87. The third kappa shape index (κ3) is 3.82. The van der Waals surface area contributed by atoms with Crippen molar-refractivity contribution in [3.8, 4) is 5.75 Å². The van der Waals surface area contributed by atoms with Crippen molar-refractivity contribution in [3.63, 3.8) is 0 Å². The summed E-state index contributed by atoms with van der Waals surface area (Å²) in [6.45, 7) is 8.43.